The van der Waals surface area contributed by atoms with Crippen LogP contribution in [0.25, 0.3) is 0 Å². The van der Waals surface area contributed by atoms with Gasteiger partial charge in [-0.25, -0.2) is 8.42 Å². The Bertz CT molecular complexity index is 206. The van der Waals surface area contributed by atoms with E-state index in [2.05, 4.69) is 5.32 Å². The van der Waals surface area contributed by atoms with E-state index >= 15 is 0 Å². The van der Waals surface area contributed by atoms with Gasteiger partial charge in [0, 0.05) is 6.04 Å². The van der Waals surface area contributed by atoms with Crippen LogP contribution in [0, 0.1) is 5.92 Å². The third kappa shape index (κ3) is 6.05. The molecule has 0 saturated heterocycles. The Hall–Kier alpha value is -0.0900. The largest absolute Gasteiger partial charge is 0.316 e. The Labute approximate surface area is 81.8 Å². The van der Waals surface area contributed by atoms with Crippen LogP contribution < -0.4 is 5.32 Å². The number of rotatable bonds is 6. The van der Waals surface area contributed by atoms with Crippen LogP contribution in [0.4, 0.5) is 0 Å². The van der Waals surface area contributed by atoms with Gasteiger partial charge in [0.15, 0.2) is 9.84 Å². The van der Waals surface area contributed by atoms with Crippen molar-refractivity contribution in [2.45, 2.75) is 33.2 Å². The molecule has 0 heterocycles. The van der Waals surface area contributed by atoms with Gasteiger partial charge < -0.3 is 5.32 Å². The van der Waals surface area contributed by atoms with E-state index in [4.69, 9.17) is 0 Å². The van der Waals surface area contributed by atoms with E-state index in [9.17, 15) is 8.42 Å². The van der Waals surface area contributed by atoms with Crippen molar-refractivity contribution in [3.05, 3.63) is 0 Å². The summed E-state index contributed by atoms with van der Waals surface area (Å²) in [6.45, 7) is 5.87. The van der Waals surface area contributed by atoms with Crippen LogP contribution in [0.2, 0.25) is 0 Å². The van der Waals surface area contributed by atoms with Crippen LogP contribution in [0.1, 0.15) is 27.2 Å². The summed E-state index contributed by atoms with van der Waals surface area (Å²) in [6.07, 6.45) is 0.924. The number of sulfone groups is 1. The summed E-state index contributed by atoms with van der Waals surface area (Å²) >= 11 is 0. The lowest BCUT2D eigenvalue weighted by molar-refractivity contribution is 0.552. The topological polar surface area (TPSA) is 46.2 Å². The highest BCUT2D eigenvalue weighted by Gasteiger charge is 2.17. The monoisotopic (exact) mass is 207 g/mol. The molecule has 0 amide bonds. The van der Waals surface area contributed by atoms with Crippen molar-refractivity contribution in [2.24, 2.45) is 5.92 Å². The fourth-order valence-corrected chi connectivity index (χ4v) is 3.25. The van der Waals surface area contributed by atoms with E-state index in [1.54, 1.807) is 7.05 Å². The standard InChI is InChI=1S/C9H21NO2S/c1-5-8(2)6-13(11,12)7-9(3)10-4/h8-10H,5-7H2,1-4H3. The first kappa shape index (κ1) is 12.9. The Balaban J connectivity index is 4.09. The molecule has 0 aliphatic rings. The molecule has 2 atom stereocenters. The van der Waals surface area contributed by atoms with E-state index in [-0.39, 0.29) is 17.7 Å². The van der Waals surface area contributed by atoms with Crippen LogP contribution in [-0.2, 0) is 9.84 Å². The Morgan fingerprint density at radius 1 is 1.23 bits per heavy atom. The van der Waals surface area contributed by atoms with Crippen molar-refractivity contribution in [1.29, 1.82) is 0 Å². The summed E-state index contributed by atoms with van der Waals surface area (Å²) in [4.78, 5) is 0. The molecule has 0 bridgehead atoms. The van der Waals surface area contributed by atoms with Gasteiger partial charge in [0.1, 0.15) is 0 Å². The maximum atomic E-state index is 11.5. The van der Waals surface area contributed by atoms with Crippen LogP contribution in [0.3, 0.4) is 0 Å². The molecule has 3 nitrogen and oxygen atoms in total. The SMILES string of the molecule is CCC(C)CS(=O)(=O)CC(C)NC. The molecule has 0 aromatic carbocycles. The number of hydrogen-bond acceptors (Lipinski definition) is 3. The van der Waals surface area contributed by atoms with Gasteiger partial charge in [-0.1, -0.05) is 20.3 Å². The molecule has 0 saturated carbocycles. The second-order valence-corrected chi connectivity index (χ2v) is 5.93. The molecule has 0 aliphatic heterocycles. The highest BCUT2D eigenvalue weighted by Crippen LogP contribution is 2.06. The predicted molar refractivity (Wildman–Crippen MR) is 56.6 cm³/mol. The molecule has 0 fully saturated rings. The van der Waals surface area contributed by atoms with E-state index in [1.165, 1.54) is 0 Å². The van der Waals surface area contributed by atoms with Crippen LogP contribution in [0.15, 0.2) is 0 Å². The lowest BCUT2D eigenvalue weighted by atomic mass is 10.2. The molecule has 13 heavy (non-hydrogen) atoms. The molecule has 1 N–H and O–H groups in total. The normalized spacial score (nSPS) is 16.9. The molecule has 0 radical (unpaired) electrons. The molecule has 2 unspecified atom stereocenters. The molecule has 0 aromatic heterocycles. The van der Waals surface area contributed by atoms with Crippen molar-refractivity contribution in [3.63, 3.8) is 0 Å². The zero-order chi connectivity index (χ0) is 10.5. The highest BCUT2D eigenvalue weighted by molar-refractivity contribution is 7.91. The molecule has 80 valence electrons. The highest BCUT2D eigenvalue weighted by atomic mass is 32.2. The third-order valence-corrected chi connectivity index (χ3v) is 4.32. The van der Waals surface area contributed by atoms with Crippen molar-refractivity contribution in [3.8, 4) is 0 Å². The van der Waals surface area contributed by atoms with Crippen molar-refractivity contribution < 1.29 is 8.42 Å². The number of nitrogens with one attached hydrogen (secondary N) is 1. The summed E-state index contributed by atoms with van der Waals surface area (Å²) in [5.41, 5.74) is 0. The molecule has 0 aromatic rings. The van der Waals surface area contributed by atoms with E-state index < -0.39 is 9.84 Å². The lowest BCUT2D eigenvalue weighted by Crippen LogP contribution is -2.32. The minimum Gasteiger partial charge on any atom is -0.316 e. The van der Waals surface area contributed by atoms with Gasteiger partial charge in [0.05, 0.1) is 11.5 Å². The minimum atomic E-state index is -2.87. The van der Waals surface area contributed by atoms with Crippen LogP contribution >= 0.6 is 0 Å². The van der Waals surface area contributed by atoms with E-state index in [0.29, 0.717) is 5.75 Å². The number of hydrogen-bond donors (Lipinski definition) is 1. The smallest absolute Gasteiger partial charge is 0.152 e. The van der Waals surface area contributed by atoms with Gasteiger partial charge in [0.2, 0.25) is 0 Å². The summed E-state index contributed by atoms with van der Waals surface area (Å²) in [7, 11) is -1.09. The van der Waals surface area contributed by atoms with Gasteiger partial charge in [0.25, 0.3) is 0 Å². The Morgan fingerprint density at radius 3 is 2.15 bits per heavy atom. The molecule has 0 spiro atoms. The summed E-state index contributed by atoms with van der Waals surface area (Å²) in [5, 5.41) is 2.93. The van der Waals surface area contributed by atoms with Gasteiger partial charge in [-0.15, -0.1) is 0 Å². The molecule has 0 aliphatic carbocycles. The Kier molecular flexibility index (Phi) is 5.56. The average molecular weight is 207 g/mol. The van der Waals surface area contributed by atoms with E-state index in [1.807, 2.05) is 20.8 Å². The van der Waals surface area contributed by atoms with Gasteiger partial charge >= 0.3 is 0 Å². The fourth-order valence-electron chi connectivity index (χ4n) is 1.08. The predicted octanol–water partition coefficient (Wildman–Crippen LogP) is 1.06. The molecule has 4 heteroatoms. The van der Waals surface area contributed by atoms with Crippen LogP contribution in [-0.4, -0.2) is 33.0 Å². The second kappa shape index (κ2) is 5.60. The summed E-state index contributed by atoms with van der Waals surface area (Å²) in [5.74, 6) is 0.831. The molecular weight excluding hydrogens is 186 g/mol. The first-order valence-electron chi connectivity index (χ1n) is 4.79. The fraction of sp³-hybridized carbons (Fsp3) is 1.00. The zero-order valence-electron chi connectivity index (χ0n) is 9.00. The average Bonchev–Trinajstić information content (AvgIpc) is 2.02. The van der Waals surface area contributed by atoms with Gasteiger partial charge in [-0.2, -0.15) is 0 Å². The summed E-state index contributed by atoms with van der Waals surface area (Å²) < 4.78 is 23.1. The van der Waals surface area contributed by atoms with Gasteiger partial charge in [-0.05, 0) is 19.9 Å². The first-order chi connectivity index (χ1) is 5.91. The van der Waals surface area contributed by atoms with Gasteiger partial charge in [-0.3, -0.25) is 0 Å². The second-order valence-electron chi connectivity index (χ2n) is 3.78. The Morgan fingerprint density at radius 2 is 1.77 bits per heavy atom. The quantitative estimate of drug-likeness (QED) is 0.708. The van der Waals surface area contributed by atoms with Crippen molar-refractivity contribution in [2.75, 3.05) is 18.6 Å². The lowest BCUT2D eigenvalue weighted by Gasteiger charge is -2.13. The minimum absolute atomic E-state index is 0.0501. The maximum absolute atomic E-state index is 11.5. The molecular formula is C9H21NO2S. The molecule has 0 rings (SSSR count). The van der Waals surface area contributed by atoms with Crippen molar-refractivity contribution >= 4 is 9.84 Å². The van der Waals surface area contributed by atoms with Crippen molar-refractivity contribution in [1.82, 2.24) is 5.32 Å². The first-order valence-corrected chi connectivity index (χ1v) is 6.61. The van der Waals surface area contributed by atoms with E-state index in [0.717, 1.165) is 6.42 Å². The third-order valence-electron chi connectivity index (χ3n) is 2.23. The zero-order valence-corrected chi connectivity index (χ0v) is 9.82. The van der Waals surface area contributed by atoms with Crippen LogP contribution in [0.5, 0.6) is 0 Å². The summed E-state index contributed by atoms with van der Waals surface area (Å²) in [6, 6.07) is 0.0501. The maximum Gasteiger partial charge on any atom is 0.152 e.